The van der Waals surface area contributed by atoms with Gasteiger partial charge >= 0.3 is 6.18 Å². The third-order valence-corrected chi connectivity index (χ3v) is 2.18. The van der Waals surface area contributed by atoms with Gasteiger partial charge in [-0.2, -0.15) is 13.2 Å². The Morgan fingerprint density at radius 2 is 2.00 bits per heavy atom. The van der Waals surface area contributed by atoms with E-state index in [1.165, 1.54) is 0 Å². The SMILES string of the molecule is Cc1ccc2[nH]c(CCC(F)(F)F)nc2n1. The van der Waals surface area contributed by atoms with Gasteiger partial charge in [0.05, 0.1) is 11.9 Å². The summed E-state index contributed by atoms with van der Waals surface area (Å²) in [6.07, 6.45) is -5.16. The fourth-order valence-corrected chi connectivity index (χ4v) is 1.42. The van der Waals surface area contributed by atoms with Crippen LogP contribution >= 0.6 is 0 Å². The van der Waals surface area contributed by atoms with E-state index in [1.54, 1.807) is 12.1 Å². The molecule has 0 bridgehead atoms. The molecule has 0 atom stereocenters. The topological polar surface area (TPSA) is 41.6 Å². The zero-order valence-electron chi connectivity index (χ0n) is 8.60. The molecule has 86 valence electrons. The van der Waals surface area contributed by atoms with Gasteiger partial charge in [-0.25, -0.2) is 9.97 Å². The molecule has 3 nitrogen and oxygen atoms in total. The highest BCUT2D eigenvalue weighted by Crippen LogP contribution is 2.21. The summed E-state index contributed by atoms with van der Waals surface area (Å²) in [5, 5.41) is 0. The van der Waals surface area contributed by atoms with Crippen molar-refractivity contribution in [1.29, 1.82) is 0 Å². The highest BCUT2D eigenvalue weighted by atomic mass is 19.4. The minimum atomic E-state index is -4.15. The normalized spacial score (nSPS) is 12.2. The molecule has 0 saturated heterocycles. The van der Waals surface area contributed by atoms with E-state index in [2.05, 4.69) is 15.0 Å². The lowest BCUT2D eigenvalue weighted by molar-refractivity contribution is -0.134. The molecule has 2 rings (SSSR count). The van der Waals surface area contributed by atoms with Crippen molar-refractivity contribution in [3.05, 3.63) is 23.7 Å². The number of nitrogens with zero attached hydrogens (tertiary/aromatic N) is 2. The predicted molar refractivity (Wildman–Crippen MR) is 53.0 cm³/mol. The second kappa shape index (κ2) is 3.77. The summed E-state index contributed by atoms with van der Waals surface area (Å²) in [7, 11) is 0. The predicted octanol–water partition coefficient (Wildman–Crippen LogP) is 2.76. The zero-order chi connectivity index (χ0) is 11.8. The monoisotopic (exact) mass is 229 g/mol. The van der Waals surface area contributed by atoms with Gasteiger partial charge in [-0.3, -0.25) is 0 Å². The van der Waals surface area contributed by atoms with Gasteiger partial charge in [-0.05, 0) is 19.1 Å². The van der Waals surface area contributed by atoms with Gasteiger partial charge < -0.3 is 4.98 Å². The molecule has 0 aliphatic carbocycles. The molecule has 0 saturated carbocycles. The first-order valence-corrected chi connectivity index (χ1v) is 4.83. The average Bonchev–Trinajstić information content (AvgIpc) is 2.55. The van der Waals surface area contributed by atoms with Crippen LogP contribution in [0.5, 0.6) is 0 Å². The summed E-state index contributed by atoms with van der Waals surface area (Å²) in [4.78, 5) is 10.9. The number of rotatable bonds is 2. The minimum absolute atomic E-state index is 0.140. The molecule has 0 amide bonds. The van der Waals surface area contributed by atoms with Crippen LogP contribution in [0.15, 0.2) is 12.1 Å². The lowest BCUT2D eigenvalue weighted by atomic mass is 10.3. The molecular formula is C10H10F3N3. The number of imidazole rings is 1. The first-order valence-electron chi connectivity index (χ1n) is 4.83. The van der Waals surface area contributed by atoms with Crippen molar-refractivity contribution in [2.75, 3.05) is 0 Å². The maximum Gasteiger partial charge on any atom is 0.389 e. The number of hydrogen-bond acceptors (Lipinski definition) is 2. The molecule has 0 spiro atoms. The molecular weight excluding hydrogens is 219 g/mol. The number of hydrogen-bond donors (Lipinski definition) is 1. The van der Waals surface area contributed by atoms with E-state index in [9.17, 15) is 13.2 Å². The molecule has 2 heterocycles. The third-order valence-electron chi connectivity index (χ3n) is 2.18. The number of fused-ring (bicyclic) bond motifs is 1. The highest BCUT2D eigenvalue weighted by Gasteiger charge is 2.27. The molecule has 0 fully saturated rings. The first-order chi connectivity index (χ1) is 7.44. The van der Waals surface area contributed by atoms with Crippen LogP contribution in [0.3, 0.4) is 0 Å². The standard InChI is InChI=1S/C10H10F3N3/c1-6-2-3-7-9(14-6)16-8(15-7)4-5-10(11,12)13/h2-3H,4-5H2,1H3,(H,14,15,16). The number of aryl methyl sites for hydroxylation is 2. The Bertz CT molecular complexity index is 501. The van der Waals surface area contributed by atoms with Gasteiger partial charge in [0, 0.05) is 12.1 Å². The average molecular weight is 229 g/mol. The zero-order valence-corrected chi connectivity index (χ0v) is 8.60. The summed E-state index contributed by atoms with van der Waals surface area (Å²) in [6.45, 7) is 1.81. The van der Waals surface area contributed by atoms with E-state index in [-0.39, 0.29) is 6.42 Å². The van der Waals surface area contributed by atoms with Gasteiger partial charge in [0.25, 0.3) is 0 Å². The largest absolute Gasteiger partial charge is 0.389 e. The molecule has 1 N–H and O–H groups in total. The number of alkyl halides is 3. The summed E-state index contributed by atoms with van der Waals surface area (Å²) in [6, 6.07) is 3.55. The Kier molecular flexibility index (Phi) is 2.57. The smallest absolute Gasteiger partial charge is 0.341 e. The minimum Gasteiger partial charge on any atom is -0.341 e. The van der Waals surface area contributed by atoms with Crippen LogP contribution in [0.2, 0.25) is 0 Å². The molecule has 0 unspecified atom stereocenters. The lowest BCUT2D eigenvalue weighted by Crippen LogP contribution is -2.09. The molecule has 2 aromatic rings. The summed E-state index contributed by atoms with van der Waals surface area (Å²) >= 11 is 0. The van der Waals surface area contributed by atoms with Crippen LogP contribution in [0.25, 0.3) is 11.2 Å². The molecule has 2 aromatic heterocycles. The number of aromatic amines is 1. The number of pyridine rings is 1. The second-order valence-electron chi connectivity index (χ2n) is 3.62. The Morgan fingerprint density at radius 1 is 1.25 bits per heavy atom. The van der Waals surface area contributed by atoms with Gasteiger partial charge in [-0.15, -0.1) is 0 Å². The lowest BCUT2D eigenvalue weighted by Gasteiger charge is -2.02. The Balaban J connectivity index is 2.20. The van der Waals surface area contributed by atoms with Crippen LogP contribution in [-0.4, -0.2) is 21.1 Å². The van der Waals surface area contributed by atoms with Crippen LogP contribution < -0.4 is 0 Å². The van der Waals surface area contributed by atoms with E-state index >= 15 is 0 Å². The third kappa shape index (κ3) is 2.50. The summed E-state index contributed by atoms with van der Waals surface area (Å²) in [5.41, 5.74) is 1.93. The molecule has 0 aliphatic rings. The van der Waals surface area contributed by atoms with E-state index < -0.39 is 12.6 Å². The molecule has 0 aliphatic heterocycles. The van der Waals surface area contributed by atoms with Crippen molar-refractivity contribution in [2.24, 2.45) is 0 Å². The number of H-pyrrole nitrogens is 1. The maximum absolute atomic E-state index is 12.0. The fourth-order valence-electron chi connectivity index (χ4n) is 1.42. The van der Waals surface area contributed by atoms with Crippen LogP contribution in [0.4, 0.5) is 13.2 Å². The molecule has 6 heteroatoms. The summed E-state index contributed by atoms with van der Waals surface area (Å²) in [5.74, 6) is 0.324. The number of nitrogens with one attached hydrogen (secondary N) is 1. The quantitative estimate of drug-likeness (QED) is 0.860. The van der Waals surface area contributed by atoms with Gasteiger partial charge in [0.15, 0.2) is 5.65 Å². The summed E-state index contributed by atoms with van der Waals surface area (Å²) < 4.78 is 36.0. The molecule has 16 heavy (non-hydrogen) atoms. The Labute approximate surface area is 89.7 Å². The van der Waals surface area contributed by atoms with Crippen molar-refractivity contribution >= 4 is 11.2 Å². The molecule has 0 aromatic carbocycles. The van der Waals surface area contributed by atoms with Gasteiger partial charge in [-0.1, -0.05) is 0 Å². The van der Waals surface area contributed by atoms with E-state index in [0.717, 1.165) is 5.69 Å². The Morgan fingerprint density at radius 3 is 2.69 bits per heavy atom. The van der Waals surface area contributed by atoms with Crippen molar-refractivity contribution in [2.45, 2.75) is 25.9 Å². The molecule has 0 radical (unpaired) electrons. The number of halogens is 3. The van der Waals surface area contributed by atoms with Crippen molar-refractivity contribution < 1.29 is 13.2 Å². The van der Waals surface area contributed by atoms with E-state index in [1.807, 2.05) is 6.92 Å². The maximum atomic E-state index is 12.0. The van der Waals surface area contributed by atoms with Gasteiger partial charge in [0.2, 0.25) is 0 Å². The van der Waals surface area contributed by atoms with Crippen molar-refractivity contribution in [1.82, 2.24) is 15.0 Å². The van der Waals surface area contributed by atoms with Gasteiger partial charge in [0.1, 0.15) is 5.82 Å². The first kappa shape index (κ1) is 10.9. The van der Waals surface area contributed by atoms with Crippen molar-refractivity contribution in [3.63, 3.8) is 0 Å². The second-order valence-corrected chi connectivity index (χ2v) is 3.62. The van der Waals surface area contributed by atoms with E-state index in [4.69, 9.17) is 0 Å². The van der Waals surface area contributed by atoms with Crippen molar-refractivity contribution in [3.8, 4) is 0 Å². The van der Waals surface area contributed by atoms with Crippen LogP contribution in [0.1, 0.15) is 17.9 Å². The van der Waals surface area contributed by atoms with E-state index in [0.29, 0.717) is 17.0 Å². The Hall–Kier alpha value is -1.59. The van der Waals surface area contributed by atoms with Crippen LogP contribution in [0, 0.1) is 6.92 Å². The van der Waals surface area contributed by atoms with Crippen LogP contribution in [-0.2, 0) is 6.42 Å². The fraction of sp³-hybridized carbons (Fsp3) is 0.400. The highest BCUT2D eigenvalue weighted by molar-refractivity contribution is 5.70. The number of aromatic nitrogens is 3.